The van der Waals surface area contributed by atoms with Gasteiger partial charge < -0.3 is 10.1 Å². The Morgan fingerprint density at radius 1 is 1.48 bits per heavy atom. The van der Waals surface area contributed by atoms with Crippen LogP contribution in [0.4, 0.5) is 5.69 Å². The Kier molecular flexibility index (Phi) is 3.10. The molecule has 4 heteroatoms. The minimum Gasteiger partial charge on any atom is -0.497 e. The number of benzene rings is 1. The van der Waals surface area contributed by atoms with Crippen molar-refractivity contribution < 1.29 is 9.53 Å². The van der Waals surface area contributed by atoms with Crippen LogP contribution >= 0.6 is 0 Å². The van der Waals surface area contributed by atoms with Gasteiger partial charge in [-0.1, -0.05) is 6.08 Å². The highest BCUT2D eigenvalue weighted by Crippen LogP contribution is 2.54. The molecule has 0 aromatic heterocycles. The fraction of sp³-hybridized carbons (Fsp3) is 0.471. The van der Waals surface area contributed by atoms with Crippen molar-refractivity contribution in [2.75, 3.05) is 25.5 Å². The maximum atomic E-state index is 12.8. The van der Waals surface area contributed by atoms with E-state index in [4.69, 9.17) is 4.74 Å². The molecule has 1 aromatic carbocycles. The number of rotatable bonds is 3. The van der Waals surface area contributed by atoms with Crippen molar-refractivity contribution in [1.29, 1.82) is 0 Å². The predicted octanol–water partition coefficient (Wildman–Crippen LogP) is 2.56. The number of amides is 1. The summed E-state index contributed by atoms with van der Waals surface area (Å²) in [7, 11) is 1.66. The van der Waals surface area contributed by atoms with Crippen LogP contribution in [0.25, 0.3) is 0 Å². The summed E-state index contributed by atoms with van der Waals surface area (Å²) in [5.41, 5.74) is 1.20. The van der Waals surface area contributed by atoms with Gasteiger partial charge in [-0.2, -0.15) is 0 Å². The minimum atomic E-state index is -0.514. The largest absolute Gasteiger partial charge is 0.497 e. The van der Waals surface area contributed by atoms with Gasteiger partial charge in [-0.05, 0) is 44.0 Å². The Morgan fingerprint density at radius 2 is 2.24 bits per heavy atom. The van der Waals surface area contributed by atoms with E-state index in [1.54, 1.807) is 7.11 Å². The molecule has 21 heavy (non-hydrogen) atoms. The van der Waals surface area contributed by atoms with Crippen molar-refractivity contribution in [1.82, 2.24) is 4.90 Å². The highest BCUT2D eigenvalue weighted by atomic mass is 16.5. The lowest BCUT2D eigenvalue weighted by atomic mass is 9.68. The van der Waals surface area contributed by atoms with Crippen LogP contribution < -0.4 is 10.1 Å². The number of likely N-dealkylation sites (tertiary alicyclic amines) is 1. The number of nitrogens with zero attached hydrogens (tertiary/aromatic N) is 1. The van der Waals surface area contributed by atoms with Gasteiger partial charge in [0.1, 0.15) is 5.75 Å². The topological polar surface area (TPSA) is 41.6 Å². The van der Waals surface area contributed by atoms with E-state index < -0.39 is 5.41 Å². The number of hydrogen-bond acceptors (Lipinski definition) is 3. The maximum absolute atomic E-state index is 12.8. The first kappa shape index (κ1) is 14.1. The summed E-state index contributed by atoms with van der Waals surface area (Å²) in [5, 5.41) is 3.05. The second-order valence-corrected chi connectivity index (χ2v) is 6.31. The Morgan fingerprint density at radius 3 is 2.90 bits per heavy atom. The molecular weight excluding hydrogens is 264 g/mol. The third-order valence-corrected chi connectivity index (χ3v) is 5.26. The molecule has 1 atom stereocenters. The molecule has 1 spiro atoms. The van der Waals surface area contributed by atoms with Crippen LogP contribution in [0.2, 0.25) is 0 Å². The van der Waals surface area contributed by atoms with E-state index in [9.17, 15) is 4.79 Å². The minimum absolute atomic E-state index is 0.0994. The van der Waals surface area contributed by atoms with Crippen molar-refractivity contribution in [3.63, 3.8) is 0 Å². The molecule has 0 aliphatic carbocycles. The molecule has 0 radical (unpaired) electrons. The van der Waals surface area contributed by atoms with Gasteiger partial charge >= 0.3 is 0 Å². The third kappa shape index (κ3) is 1.69. The predicted molar refractivity (Wildman–Crippen MR) is 83.8 cm³/mol. The van der Waals surface area contributed by atoms with Gasteiger partial charge in [0.25, 0.3) is 0 Å². The molecule has 3 rings (SSSR count). The van der Waals surface area contributed by atoms with Gasteiger partial charge in [0.2, 0.25) is 5.91 Å². The van der Waals surface area contributed by atoms with Gasteiger partial charge in [-0.25, -0.2) is 0 Å². The number of ether oxygens (including phenoxy) is 1. The molecule has 0 bridgehead atoms. The average Bonchev–Trinajstić information content (AvgIpc) is 2.89. The first-order valence-corrected chi connectivity index (χ1v) is 7.33. The number of anilines is 1. The summed E-state index contributed by atoms with van der Waals surface area (Å²) < 4.78 is 5.35. The van der Waals surface area contributed by atoms with Crippen LogP contribution in [0.1, 0.15) is 25.8 Å². The van der Waals surface area contributed by atoms with Crippen molar-refractivity contribution >= 4 is 11.6 Å². The smallest absolute Gasteiger partial charge is 0.237 e. The number of hydrogen-bond donors (Lipinski definition) is 1. The Hall–Kier alpha value is -1.81. The molecule has 1 N–H and O–H groups in total. The van der Waals surface area contributed by atoms with Crippen molar-refractivity contribution in [2.45, 2.75) is 31.2 Å². The number of carbonyl (C=O) groups is 1. The van der Waals surface area contributed by atoms with Crippen LogP contribution in [0.5, 0.6) is 5.75 Å². The molecule has 1 unspecified atom stereocenters. The molecule has 1 fully saturated rings. The van der Waals surface area contributed by atoms with Gasteiger partial charge in [0.05, 0.1) is 12.5 Å². The van der Waals surface area contributed by atoms with Gasteiger partial charge in [-0.15, -0.1) is 6.58 Å². The van der Waals surface area contributed by atoms with E-state index in [0.29, 0.717) is 0 Å². The molecule has 1 aromatic rings. The van der Waals surface area contributed by atoms with Gasteiger partial charge in [-0.3, -0.25) is 9.69 Å². The second kappa shape index (κ2) is 4.60. The molecular formula is C17H22N2O2. The van der Waals surface area contributed by atoms with Crippen LogP contribution in [0.15, 0.2) is 30.9 Å². The summed E-state index contributed by atoms with van der Waals surface area (Å²) in [4.78, 5) is 15.1. The quantitative estimate of drug-likeness (QED) is 0.868. The fourth-order valence-corrected chi connectivity index (χ4v) is 3.95. The lowest BCUT2D eigenvalue weighted by molar-refractivity contribution is -0.123. The summed E-state index contributed by atoms with van der Waals surface area (Å²) >= 11 is 0. The van der Waals surface area contributed by atoms with E-state index in [0.717, 1.165) is 36.5 Å². The van der Waals surface area contributed by atoms with Crippen molar-refractivity contribution in [2.24, 2.45) is 0 Å². The van der Waals surface area contributed by atoms with E-state index in [2.05, 4.69) is 30.6 Å². The molecule has 2 heterocycles. The molecule has 1 amide bonds. The fourth-order valence-electron chi connectivity index (χ4n) is 3.95. The van der Waals surface area contributed by atoms with E-state index in [1.165, 1.54) is 0 Å². The van der Waals surface area contributed by atoms with Crippen molar-refractivity contribution in [3.8, 4) is 5.75 Å². The lowest BCUT2D eigenvalue weighted by Gasteiger charge is -2.41. The molecule has 2 aliphatic heterocycles. The standard InChI is InChI=1S/C17H22N2O2/c1-5-9-19-10-8-17(16(19,2)3)13-11-12(21-4)6-7-14(13)18-15(17)20/h5-7,11H,1,8-10H2,2-4H3,(H,18,20). The molecule has 1 saturated heterocycles. The monoisotopic (exact) mass is 286 g/mol. The highest BCUT2D eigenvalue weighted by Gasteiger charge is 2.62. The highest BCUT2D eigenvalue weighted by molar-refractivity contribution is 6.07. The Labute approximate surface area is 125 Å². The lowest BCUT2D eigenvalue weighted by Crippen LogP contribution is -2.55. The normalized spacial score (nSPS) is 26.7. The van der Waals surface area contributed by atoms with Crippen LogP contribution in [0.3, 0.4) is 0 Å². The first-order chi connectivity index (χ1) is 9.97. The van der Waals surface area contributed by atoms with Crippen LogP contribution in [-0.4, -0.2) is 36.5 Å². The number of carbonyl (C=O) groups excluding carboxylic acids is 1. The van der Waals surface area contributed by atoms with Gasteiger partial charge in [0, 0.05) is 24.3 Å². The summed E-state index contributed by atoms with van der Waals surface area (Å²) in [6, 6.07) is 5.83. The van der Waals surface area contributed by atoms with Gasteiger partial charge in [0.15, 0.2) is 0 Å². The number of methoxy groups -OCH3 is 1. The van der Waals surface area contributed by atoms with Crippen LogP contribution in [-0.2, 0) is 10.2 Å². The van der Waals surface area contributed by atoms with Crippen molar-refractivity contribution in [3.05, 3.63) is 36.4 Å². The first-order valence-electron chi connectivity index (χ1n) is 7.33. The second-order valence-electron chi connectivity index (χ2n) is 6.31. The SMILES string of the molecule is C=CCN1CCC2(C(=O)Nc3ccc(OC)cc32)C1(C)C. The zero-order chi connectivity index (χ0) is 15.3. The summed E-state index contributed by atoms with van der Waals surface area (Å²) in [5.74, 6) is 0.893. The maximum Gasteiger partial charge on any atom is 0.237 e. The molecule has 0 saturated carbocycles. The molecule has 2 aliphatic rings. The number of fused-ring (bicyclic) bond motifs is 2. The average molecular weight is 286 g/mol. The molecule has 4 nitrogen and oxygen atoms in total. The Bertz CT molecular complexity index is 609. The van der Waals surface area contributed by atoms with E-state index in [-0.39, 0.29) is 11.4 Å². The molecule has 112 valence electrons. The van der Waals surface area contributed by atoms with E-state index >= 15 is 0 Å². The Balaban J connectivity index is 2.15. The van der Waals surface area contributed by atoms with E-state index in [1.807, 2.05) is 24.3 Å². The zero-order valence-electron chi connectivity index (χ0n) is 12.9. The number of nitrogens with one attached hydrogen (secondary N) is 1. The third-order valence-electron chi connectivity index (χ3n) is 5.26. The summed E-state index contributed by atoms with van der Waals surface area (Å²) in [6.45, 7) is 9.82. The summed E-state index contributed by atoms with van der Waals surface area (Å²) in [6.07, 6.45) is 2.72. The van der Waals surface area contributed by atoms with Crippen LogP contribution in [0, 0.1) is 0 Å². The zero-order valence-corrected chi connectivity index (χ0v) is 12.9.